The van der Waals surface area contributed by atoms with Gasteiger partial charge in [0.15, 0.2) is 0 Å². The minimum Gasteiger partial charge on any atom is -0.232 e. The molecule has 0 aliphatic carbocycles. The highest BCUT2D eigenvalue weighted by molar-refractivity contribution is 7.78. The molecule has 0 spiro atoms. The Hall–Kier alpha value is -0.200. The van der Waals surface area contributed by atoms with Crippen LogP contribution in [0.1, 0.15) is 27.2 Å². The quantitative estimate of drug-likeness (QED) is 0.437. The van der Waals surface area contributed by atoms with Crippen molar-refractivity contribution in [3.8, 4) is 0 Å². The predicted molar refractivity (Wildman–Crippen MR) is 44.0 cm³/mol. The molecule has 0 saturated carbocycles. The summed E-state index contributed by atoms with van der Waals surface area (Å²) in [6.45, 7) is 7.29. The first-order valence-electron chi connectivity index (χ1n) is 3.16. The molecule has 0 radical (unpaired) electrons. The van der Waals surface area contributed by atoms with Crippen LogP contribution in [0.4, 0.5) is 0 Å². The maximum Gasteiger partial charge on any atom is 0.0585 e. The highest BCUT2D eigenvalue weighted by Crippen LogP contribution is 2.18. The topological polar surface area (TPSA) is 12.4 Å². The van der Waals surface area contributed by atoms with Gasteiger partial charge in [0, 0.05) is 0 Å². The zero-order chi connectivity index (χ0) is 7.33. The van der Waals surface area contributed by atoms with E-state index >= 15 is 0 Å². The largest absolute Gasteiger partial charge is 0.232 e. The van der Waals surface area contributed by atoms with Crippen molar-refractivity contribution >= 4 is 17.4 Å². The van der Waals surface area contributed by atoms with Crippen molar-refractivity contribution in [2.24, 2.45) is 10.4 Å². The molecular weight excluding hydrogens is 130 g/mol. The van der Waals surface area contributed by atoms with E-state index in [4.69, 9.17) is 0 Å². The highest BCUT2D eigenvalue weighted by Gasteiger charge is 2.12. The molecule has 0 aromatic heterocycles. The van der Waals surface area contributed by atoms with E-state index in [-0.39, 0.29) is 0 Å². The van der Waals surface area contributed by atoms with E-state index in [0.717, 1.165) is 13.0 Å². The average Bonchev–Trinajstić information content (AvgIpc) is 1.84. The van der Waals surface area contributed by atoms with Crippen molar-refractivity contribution in [2.75, 3.05) is 6.54 Å². The summed E-state index contributed by atoms with van der Waals surface area (Å²) in [6.07, 6.45) is 1.13. The zero-order valence-electron chi connectivity index (χ0n) is 6.27. The average molecular weight is 143 g/mol. The van der Waals surface area contributed by atoms with Gasteiger partial charge in [0.25, 0.3) is 0 Å². The van der Waals surface area contributed by atoms with Crippen LogP contribution in [0.5, 0.6) is 0 Å². The zero-order valence-corrected chi connectivity index (χ0v) is 7.09. The van der Waals surface area contributed by atoms with Crippen LogP contribution in [-0.2, 0) is 0 Å². The summed E-state index contributed by atoms with van der Waals surface area (Å²) < 4.78 is 0. The Balaban J connectivity index is 3.71. The van der Waals surface area contributed by atoms with Gasteiger partial charge >= 0.3 is 0 Å². The number of hydrogen-bond donors (Lipinski definition) is 0. The Kier molecular flexibility index (Phi) is 3.67. The van der Waals surface area contributed by atoms with Gasteiger partial charge in [-0.3, -0.25) is 0 Å². The molecule has 0 aliphatic rings. The Morgan fingerprint density at radius 3 is 2.44 bits per heavy atom. The summed E-state index contributed by atoms with van der Waals surface area (Å²) in [4.78, 5) is 3.88. The molecule has 0 saturated heterocycles. The highest BCUT2D eigenvalue weighted by atomic mass is 32.1. The predicted octanol–water partition coefficient (Wildman–Crippen LogP) is 2.53. The molecule has 2 heteroatoms. The fraction of sp³-hybridized carbons (Fsp3) is 0.857. The second-order valence-electron chi connectivity index (χ2n) is 2.93. The van der Waals surface area contributed by atoms with Crippen molar-refractivity contribution < 1.29 is 0 Å². The van der Waals surface area contributed by atoms with Gasteiger partial charge in [0.05, 0.1) is 11.7 Å². The third-order valence-electron chi connectivity index (χ3n) is 1.53. The van der Waals surface area contributed by atoms with Crippen LogP contribution in [0.15, 0.2) is 4.99 Å². The molecule has 0 aromatic carbocycles. The molecule has 0 atom stereocenters. The molecule has 0 bridgehead atoms. The van der Waals surface area contributed by atoms with E-state index in [1.807, 2.05) is 0 Å². The summed E-state index contributed by atoms with van der Waals surface area (Å²) >= 11 is 4.45. The van der Waals surface area contributed by atoms with Crippen LogP contribution >= 0.6 is 12.2 Å². The van der Waals surface area contributed by atoms with E-state index in [0.29, 0.717) is 5.41 Å². The van der Waals surface area contributed by atoms with Crippen LogP contribution in [-0.4, -0.2) is 11.7 Å². The molecule has 0 unspecified atom stereocenters. The summed E-state index contributed by atoms with van der Waals surface area (Å²) in [5, 5.41) is 2.37. The molecule has 0 heterocycles. The van der Waals surface area contributed by atoms with Crippen LogP contribution in [0.3, 0.4) is 0 Å². The second-order valence-corrected chi connectivity index (χ2v) is 3.11. The van der Waals surface area contributed by atoms with Crippen LogP contribution in [0.25, 0.3) is 0 Å². The lowest BCUT2D eigenvalue weighted by molar-refractivity contribution is 0.367. The normalized spacial score (nSPS) is 10.6. The Morgan fingerprint density at radius 2 is 2.11 bits per heavy atom. The number of thiocarbonyl (C=S) groups is 1. The Bertz CT molecular complexity index is 123. The van der Waals surface area contributed by atoms with E-state index in [9.17, 15) is 0 Å². The molecule has 0 fully saturated rings. The lowest BCUT2D eigenvalue weighted by Gasteiger charge is -2.17. The monoisotopic (exact) mass is 143 g/mol. The minimum atomic E-state index is 0.297. The van der Waals surface area contributed by atoms with Crippen LogP contribution < -0.4 is 0 Å². The Morgan fingerprint density at radius 1 is 1.56 bits per heavy atom. The van der Waals surface area contributed by atoms with E-state index in [1.54, 1.807) is 0 Å². The number of rotatable bonds is 3. The van der Waals surface area contributed by atoms with Crippen molar-refractivity contribution in [1.82, 2.24) is 0 Å². The van der Waals surface area contributed by atoms with Crippen molar-refractivity contribution in [1.29, 1.82) is 0 Å². The second kappa shape index (κ2) is 3.76. The van der Waals surface area contributed by atoms with Crippen molar-refractivity contribution in [3.63, 3.8) is 0 Å². The van der Waals surface area contributed by atoms with Gasteiger partial charge in [-0.2, -0.15) is 0 Å². The molecule has 0 rings (SSSR count). The first kappa shape index (κ1) is 8.80. The maximum absolute atomic E-state index is 4.45. The molecule has 52 valence electrons. The summed E-state index contributed by atoms with van der Waals surface area (Å²) in [5.74, 6) is 0. The third-order valence-corrected chi connectivity index (χ3v) is 1.66. The minimum absolute atomic E-state index is 0.297. The molecule has 0 aromatic rings. The number of aliphatic imine (C=N–C) groups is 1. The smallest absolute Gasteiger partial charge is 0.0585 e. The van der Waals surface area contributed by atoms with Gasteiger partial charge in [-0.1, -0.05) is 20.8 Å². The lowest BCUT2D eigenvalue weighted by atomic mass is 9.91. The standard InChI is InChI=1S/C7H13NS/c1-4-7(2,3)5-8-6-9/h4-5H2,1-3H3. The van der Waals surface area contributed by atoms with Crippen LogP contribution in [0, 0.1) is 5.41 Å². The fourth-order valence-electron chi connectivity index (χ4n) is 0.358. The van der Waals surface area contributed by atoms with Crippen LogP contribution in [0.2, 0.25) is 0 Å². The maximum atomic E-state index is 4.45. The number of nitrogens with zero attached hydrogens (tertiary/aromatic N) is 1. The van der Waals surface area contributed by atoms with Crippen molar-refractivity contribution in [2.45, 2.75) is 27.2 Å². The van der Waals surface area contributed by atoms with Gasteiger partial charge in [0.1, 0.15) is 0 Å². The van der Waals surface area contributed by atoms with E-state index < -0.39 is 0 Å². The van der Waals surface area contributed by atoms with E-state index in [2.05, 4.69) is 43.1 Å². The molecule has 9 heavy (non-hydrogen) atoms. The first-order valence-corrected chi connectivity index (χ1v) is 3.57. The SMILES string of the molecule is CCC(C)(C)CN=C=S. The molecule has 1 nitrogen and oxygen atoms in total. The molecule has 0 N–H and O–H groups in total. The summed E-state index contributed by atoms with van der Waals surface area (Å²) in [6, 6.07) is 0. The number of isothiocyanates is 1. The molecule has 0 amide bonds. The van der Waals surface area contributed by atoms with Gasteiger partial charge in [-0.25, -0.2) is 4.99 Å². The third kappa shape index (κ3) is 4.31. The van der Waals surface area contributed by atoms with E-state index in [1.165, 1.54) is 0 Å². The van der Waals surface area contributed by atoms with Gasteiger partial charge in [0.2, 0.25) is 0 Å². The molecule has 0 aliphatic heterocycles. The summed E-state index contributed by atoms with van der Waals surface area (Å²) in [5.41, 5.74) is 0.297. The fourth-order valence-corrected chi connectivity index (χ4v) is 0.423. The summed E-state index contributed by atoms with van der Waals surface area (Å²) in [7, 11) is 0. The molecular formula is C7H13NS. The van der Waals surface area contributed by atoms with Gasteiger partial charge < -0.3 is 0 Å². The Labute approximate surface area is 62.2 Å². The van der Waals surface area contributed by atoms with Crippen molar-refractivity contribution in [3.05, 3.63) is 0 Å². The lowest BCUT2D eigenvalue weighted by Crippen LogP contribution is -2.13. The van der Waals surface area contributed by atoms with Gasteiger partial charge in [-0.05, 0) is 24.1 Å². The number of hydrogen-bond acceptors (Lipinski definition) is 2. The first-order chi connectivity index (χ1) is 4.12. The van der Waals surface area contributed by atoms with Gasteiger partial charge in [-0.15, -0.1) is 0 Å².